The van der Waals surface area contributed by atoms with Gasteiger partial charge >= 0.3 is 0 Å². The van der Waals surface area contributed by atoms with Crippen molar-refractivity contribution in [1.29, 1.82) is 0 Å². The SMILES string of the molecule is Cc1ncsc1CSc1cn[nH]n1. The number of aromatic amines is 1. The van der Waals surface area contributed by atoms with Crippen LogP contribution in [-0.4, -0.2) is 20.4 Å². The molecule has 0 spiro atoms. The highest BCUT2D eigenvalue weighted by atomic mass is 32.2. The first-order valence-corrected chi connectivity index (χ1v) is 5.60. The lowest BCUT2D eigenvalue weighted by molar-refractivity contribution is 0.911. The van der Waals surface area contributed by atoms with Gasteiger partial charge in [-0.1, -0.05) is 11.8 Å². The van der Waals surface area contributed by atoms with E-state index in [1.807, 2.05) is 12.4 Å². The maximum Gasteiger partial charge on any atom is 0.139 e. The first kappa shape index (κ1) is 8.71. The van der Waals surface area contributed by atoms with E-state index in [0.717, 1.165) is 16.5 Å². The van der Waals surface area contributed by atoms with Crippen molar-refractivity contribution < 1.29 is 0 Å². The smallest absolute Gasteiger partial charge is 0.139 e. The summed E-state index contributed by atoms with van der Waals surface area (Å²) in [4.78, 5) is 5.48. The summed E-state index contributed by atoms with van der Waals surface area (Å²) in [6.45, 7) is 2.02. The molecule has 0 aromatic carbocycles. The quantitative estimate of drug-likeness (QED) is 0.789. The van der Waals surface area contributed by atoms with Gasteiger partial charge in [0.1, 0.15) is 5.03 Å². The standard InChI is InChI=1S/C7H8N4S2/c1-5-6(13-4-8-5)3-12-7-2-9-11-10-7/h2,4H,3H2,1H3,(H,9,10,11). The Morgan fingerprint density at radius 2 is 2.54 bits per heavy atom. The zero-order chi connectivity index (χ0) is 9.10. The normalized spacial score (nSPS) is 10.5. The number of thioether (sulfide) groups is 1. The second-order valence-corrected chi connectivity index (χ2v) is 4.39. The van der Waals surface area contributed by atoms with E-state index in [0.29, 0.717) is 0 Å². The molecule has 0 amide bonds. The third-order valence-electron chi connectivity index (χ3n) is 1.59. The van der Waals surface area contributed by atoms with Gasteiger partial charge < -0.3 is 0 Å². The van der Waals surface area contributed by atoms with Crippen LogP contribution >= 0.6 is 23.1 Å². The van der Waals surface area contributed by atoms with Crippen LogP contribution in [0.1, 0.15) is 10.6 Å². The van der Waals surface area contributed by atoms with E-state index in [2.05, 4.69) is 20.4 Å². The molecule has 4 nitrogen and oxygen atoms in total. The molecule has 2 heterocycles. The molecule has 13 heavy (non-hydrogen) atoms. The maximum atomic E-state index is 4.18. The van der Waals surface area contributed by atoms with Gasteiger partial charge in [-0.05, 0) is 6.92 Å². The lowest BCUT2D eigenvalue weighted by Gasteiger charge is -1.94. The van der Waals surface area contributed by atoms with E-state index < -0.39 is 0 Å². The van der Waals surface area contributed by atoms with Crippen molar-refractivity contribution in [1.82, 2.24) is 20.4 Å². The van der Waals surface area contributed by atoms with Crippen LogP contribution in [0.15, 0.2) is 16.7 Å². The van der Waals surface area contributed by atoms with Gasteiger partial charge in [-0.25, -0.2) is 4.98 Å². The summed E-state index contributed by atoms with van der Waals surface area (Å²) in [6.07, 6.45) is 1.72. The van der Waals surface area contributed by atoms with Crippen LogP contribution in [0.3, 0.4) is 0 Å². The zero-order valence-corrected chi connectivity index (χ0v) is 8.65. The topological polar surface area (TPSA) is 54.5 Å². The zero-order valence-electron chi connectivity index (χ0n) is 7.02. The Balaban J connectivity index is 1.97. The average Bonchev–Trinajstić information content (AvgIpc) is 2.72. The summed E-state index contributed by atoms with van der Waals surface area (Å²) < 4.78 is 0. The highest BCUT2D eigenvalue weighted by Gasteiger charge is 2.03. The Kier molecular flexibility index (Phi) is 2.60. The van der Waals surface area contributed by atoms with Crippen molar-refractivity contribution in [2.24, 2.45) is 0 Å². The van der Waals surface area contributed by atoms with Crippen LogP contribution in [0, 0.1) is 6.92 Å². The monoisotopic (exact) mass is 212 g/mol. The Morgan fingerprint density at radius 3 is 3.15 bits per heavy atom. The van der Waals surface area contributed by atoms with E-state index >= 15 is 0 Å². The van der Waals surface area contributed by atoms with Gasteiger partial charge in [-0.15, -0.1) is 16.4 Å². The summed E-state index contributed by atoms with van der Waals surface area (Å²) in [6, 6.07) is 0. The third kappa shape index (κ3) is 2.07. The number of hydrogen-bond donors (Lipinski definition) is 1. The fourth-order valence-electron chi connectivity index (χ4n) is 0.865. The molecule has 0 fully saturated rings. The minimum absolute atomic E-state index is 0.920. The van der Waals surface area contributed by atoms with Crippen molar-refractivity contribution >= 4 is 23.1 Å². The molecule has 0 aliphatic heterocycles. The molecule has 0 atom stereocenters. The minimum atomic E-state index is 0.920. The predicted molar refractivity (Wildman–Crippen MR) is 52.8 cm³/mol. The highest BCUT2D eigenvalue weighted by molar-refractivity contribution is 7.98. The largest absolute Gasteiger partial charge is 0.250 e. The van der Waals surface area contributed by atoms with E-state index in [9.17, 15) is 0 Å². The fourth-order valence-corrected chi connectivity index (χ4v) is 2.60. The van der Waals surface area contributed by atoms with Crippen molar-refractivity contribution in [3.63, 3.8) is 0 Å². The lowest BCUT2D eigenvalue weighted by Crippen LogP contribution is -1.80. The number of hydrogen-bond acceptors (Lipinski definition) is 5. The van der Waals surface area contributed by atoms with Gasteiger partial charge in [0.25, 0.3) is 0 Å². The van der Waals surface area contributed by atoms with Crippen molar-refractivity contribution in [3.8, 4) is 0 Å². The number of rotatable bonds is 3. The van der Waals surface area contributed by atoms with Gasteiger partial charge in [0.2, 0.25) is 0 Å². The lowest BCUT2D eigenvalue weighted by atomic mass is 10.4. The molecule has 6 heteroatoms. The summed E-state index contributed by atoms with van der Waals surface area (Å²) in [5, 5.41) is 11.2. The number of H-pyrrole nitrogens is 1. The summed E-state index contributed by atoms with van der Waals surface area (Å²) in [5.74, 6) is 0.920. The molecule has 0 saturated heterocycles. The van der Waals surface area contributed by atoms with Crippen LogP contribution in [0.25, 0.3) is 0 Å². The van der Waals surface area contributed by atoms with Gasteiger partial charge in [-0.2, -0.15) is 10.3 Å². The Bertz CT molecular complexity index is 368. The molecule has 0 saturated carbocycles. The molecule has 1 N–H and O–H groups in total. The van der Waals surface area contributed by atoms with Gasteiger partial charge in [0.05, 0.1) is 17.4 Å². The van der Waals surface area contributed by atoms with Crippen LogP contribution in [0.4, 0.5) is 0 Å². The van der Waals surface area contributed by atoms with Crippen molar-refractivity contribution in [3.05, 3.63) is 22.3 Å². The highest BCUT2D eigenvalue weighted by Crippen LogP contribution is 2.23. The second-order valence-electron chi connectivity index (χ2n) is 2.46. The number of aryl methyl sites for hydroxylation is 1. The summed E-state index contributed by atoms with van der Waals surface area (Å²) in [7, 11) is 0. The Hall–Kier alpha value is -0.880. The van der Waals surface area contributed by atoms with E-state index in [1.165, 1.54) is 4.88 Å². The van der Waals surface area contributed by atoms with Gasteiger partial charge in [0.15, 0.2) is 0 Å². The van der Waals surface area contributed by atoms with Gasteiger partial charge in [0, 0.05) is 10.6 Å². The fraction of sp³-hybridized carbons (Fsp3) is 0.286. The van der Waals surface area contributed by atoms with E-state index in [4.69, 9.17) is 0 Å². The summed E-state index contributed by atoms with van der Waals surface area (Å²) in [5.41, 5.74) is 2.98. The number of thiazole rings is 1. The molecule has 0 bridgehead atoms. The molecular formula is C7H8N4S2. The molecule has 2 aromatic heterocycles. The number of nitrogens with zero attached hydrogens (tertiary/aromatic N) is 3. The Morgan fingerprint density at radius 1 is 1.62 bits per heavy atom. The van der Waals surface area contributed by atoms with Crippen LogP contribution in [0.5, 0.6) is 0 Å². The molecule has 2 aromatic rings. The van der Waals surface area contributed by atoms with E-state index in [1.54, 1.807) is 29.3 Å². The number of nitrogens with one attached hydrogen (secondary N) is 1. The molecule has 0 aliphatic rings. The van der Waals surface area contributed by atoms with Crippen LogP contribution < -0.4 is 0 Å². The molecule has 68 valence electrons. The first-order chi connectivity index (χ1) is 6.36. The molecular weight excluding hydrogens is 204 g/mol. The maximum absolute atomic E-state index is 4.18. The predicted octanol–water partition coefficient (Wildman–Crippen LogP) is 1.86. The molecule has 2 rings (SSSR count). The van der Waals surface area contributed by atoms with Crippen LogP contribution in [0.2, 0.25) is 0 Å². The van der Waals surface area contributed by atoms with Crippen molar-refractivity contribution in [2.75, 3.05) is 0 Å². The number of aromatic nitrogens is 4. The second kappa shape index (κ2) is 3.89. The molecule has 0 radical (unpaired) electrons. The van der Waals surface area contributed by atoms with Crippen molar-refractivity contribution in [2.45, 2.75) is 17.7 Å². The van der Waals surface area contributed by atoms with E-state index in [-0.39, 0.29) is 0 Å². The Labute approximate surface area is 83.8 Å². The van der Waals surface area contributed by atoms with Crippen LogP contribution in [-0.2, 0) is 5.75 Å². The molecule has 0 unspecified atom stereocenters. The third-order valence-corrected chi connectivity index (χ3v) is 3.63. The van der Waals surface area contributed by atoms with Gasteiger partial charge in [-0.3, -0.25) is 0 Å². The average molecular weight is 212 g/mol. The summed E-state index contributed by atoms with van der Waals surface area (Å²) >= 11 is 3.35. The first-order valence-electron chi connectivity index (χ1n) is 3.74. The minimum Gasteiger partial charge on any atom is -0.250 e. The molecule has 0 aliphatic carbocycles.